The molecule has 1 nitrogen and oxygen atoms in total. The van der Waals surface area contributed by atoms with Gasteiger partial charge in [0, 0.05) is 15.9 Å². The van der Waals surface area contributed by atoms with Gasteiger partial charge >= 0.3 is 0 Å². The summed E-state index contributed by atoms with van der Waals surface area (Å²) < 4.78 is 0.922. The first kappa shape index (κ1) is 12.8. The number of hydrogen-bond donors (Lipinski definition) is 0. The van der Waals surface area contributed by atoms with Gasteiger partial charge in [-0.2, -0.15) is 0 Å². The second kappa shape index (κ2) is 5.34. The van der Waals surface area contributed by atoms with Gasteiger partial charge in [0.2, 0.25) is 0 Å². The van der Waals surface area contributed by atoms with Crippen molar-refractivity contribution in [3.05, 3.63) is 55.1 Å². The molecule has 4 heteroatoms. The van der Waals surface area contributed by atoms with Crippen molar-refractivity contribution >= 4 is 44.7 Å². The van der Waals surface area contributed by atoms with Crippen molar-refractivity contribution in [2.45, 2.75) is 13.3 Å². The predicted octanol–water partition coefficient (Wildman–Crippen LogP) is 4.90. The first-order valence-electron chi connectivity index (χ1n) is 5.09. The maximum Gasteiger partial charge on any atom is 0.177 e. The van der Waals surface area contributed by atoms with Gasteiger partial charge in [-0.3, -0.25) is 4.79 Å². The van der Waals surface area contributed by atoms with Crippen LogP contribution in [0.25, 0.3) is 0 Å². The normalized spacial score (nSPS) is 10.5. The van der Waals surface area contributed by atoms with Crippen molar-refractivity contribution in [3.8, 4) is 0 Å². The summed E-state index contributed by atoms with van der Waals surface area (Å²) in [5.41, 5.74) is 1.90. The third-order valence-corrected chi connectivity index (χ3v) is 4.38. The molecule has 0 bridgehead atoms. The quantitative estimate of drug-likeness (QED) is 0.732. The van der Waals surface area contributed by atoms with Crippen molar-refractivity contribution in [1.82, 2.24) is 0 Å². The number of aryl methyl sites for hydroxylation is 1. The molecule has 1 aromatic carbocycles. The molecule has 0 aliphatic rings. The van der Waals surface area contributed by atoms with Crippen LogP contribution in [-0.2, 0) is 6.42 Å². The largest absolute Gasteiger partial charge is 0.293 e. The lowest BCUT2D eigenvalue weighted by molar-refractivity contribution is 0.0996. The van der Waals surface area contributed by atoms with Crippen LogP contribution in [0.4, 0.5) is 0 Å². The van der Waals surface area contributed by atoms with Crippen molar-refractivity contribution in [2.75, 3.05) is 0 Å². The maximum atomic E-state index is 12.1. The summed E-state index contributed by atoms with van der Waals surface area (Å²) in [5, 5.41) is 2.56. The minimum Gasteiger partial charge on any atom is -0.293 e. The zero-order valence-electron chi connectivity index (χ0n) is 9.17. The molecule has 17 heavy (non-hydrogen) atoms. The minimum absolute atomic E-state index is 0.127. The average Bonchev–Trinajstić information content (AvgIpc) is 2.68. The number of Topliss-reactive ketones (excluding diaryl/α,β-unsaturated/α-hetero) is 1. The molecule has 0 aliphatic carbocycles. The Morgan fingerprint density at radius 2 is 2.18 bits per heavy atom. The number of halogens is 2. The van der Waals surface area contributed by atoms with Gasteiger partial charge in [0.1, 0.15) is 0 Å². The van der Waals surface area contributed by atoms with E-state index in [-0.39, 0.29) is 5.78 Å². The van der Waals surface area contributed by atoms with E-state index in [1.165, 1.54) is 11.3 Å². The van der Waals surface area contributed by atoms with E-state index >= 15 is 0 Å². The summed E-state index contributed by atoms with van der Waals surface area (Å²) in [7, 11) is 0. The van der Waals surface area contributed by atoms with Gasteiger partial charge in [0.25, 0.3) is 0 Å². The number of rotatable bonds is 3. The first-order chi connectivity index (χ1) is 8.08. The summed E-state index contributed by atoms with van der Waals surface area (Å²) in [4.78, 5) is 12.9. The highest BCUT2D eigenvalue weighted by atomic mass is 79.9. The Morgan fingerprint density at radius 3 is 2.76 bits per heavy atom. The van der Waals surface area contributed by atoms with E-state index in [1.54, 1.807) is 0 Å². The molecule has 0 spiro atoms. The standard InChI is InChI=1S/C13H10BrClOS/c1-8-4-5-17-13(8)12(16)6-9-2-3-10(14)7-11(9)15/h2-5,7H,6H2,1H3. The van der Waals surface area contributed by atoms with Crippen LogP contribution in [0.5, 0.6) is 0 Å². The van der Waals surface area contributed by atoms with E-state index in [0.29, 0.717) is 11.4 Å². The Kier molecular flexibility index (Phi) is 4.02. The highest BCUT2D eigenvalue weighted by molar-refractivity contribution is 9.10. The number of hydrogen-bond acceptors (Lipinski definition) is 2. The fraction of sp³-hybridized carbons (Fsp3) is 0.154. The smallest absolute Gasteiger partial charge is 0.177 e. The molecule has 0 amide bonds. The molecule has 0 unspecified atom stereocenters. The predicted molar refractivity (Wildman–Crippen MR) is 76.2 cm³/mol. The van der Waals surface area contributed by atoms with E-state index in [2.05, 4.69) is 15.9 Å². The summed E-state index contributed by atoms with van der Waals surface area (Å²) in [6.45, 7) is 1.95. The third kappa shape index (κ3) is 2.97. The van der Waals surface area contributed by atoms with Crippen LogP contribution in [0.1, 0.15) is 20.8 Å². The third-order valence-electron chi connectivity index (χ3n) is 2.48. The summed E-state index contributed by atoms with van der Waals surface area (Å²) in [6, 6.07) is 7.55. The van der Waals surface area contributed by atoms with Gasteiger partial charge in [0.15, 0.2) is 5.78 Å². The molecule has 0 radical (unpaired) electrons. The fourth-order valence-electron chi connectivity index (χ4n) is 1.58. The van der Waals surface area contributed by atoms with Crippen molar-refractivity contribution in [3.63, 3.8) is 0 Å². The van der Waals surface area contributed by atoms with E-state index in [1.807, 2.05) is 36.6 Å². The Hall–Kier alpha value is -0.640. The molecular formula is C13H10BrClOS. The number of benzene rings is 1. The maximum absolute atomic E-state index is 12.1. The minimum atomic E-state index is 0.127. The summed E-state index contributed by atoms with van der Waals surface area (Å²) in [5.74, 6) is 0.127. The van der Waals surface area contributed by atoms with Gasteiger partial charge in [-0.25, -0.2) is 0 Å². The lowest BCUT2D eigenvalue weighted by Gasteiger charge is -2.04. The highest BCUT2D eigenvalue weighted by Crippen LogP contribution is 2.24. The SMILES string of the molecule is Cc1ccsc1C(=O)Cc1ccc(Br)cc1Cl. The van der Waals surface area contributed by atoms with Crippen molar-refractivity contribution in [2.24, 2.45) is 0 Å². The molecule has 0 saturated heterocycles. The fourth-order valence-corrected chi connectivity index (χ4v) is 3.18. The average molecular weight is 330 g/mol. The van der Waals surface area contributed by atoms with Crippen LogP contribution in [0.3, 0.4) is 0 Å². The summed E-state index contributed by atoms with van der Waals surface area (Å²) in [6.07, 6.45) is 0.355. The molecule has 2 rings (SSSR count). The summed E-state index contributed by atoms with van der Waals surface area (Å²) >= 11 is 10.9. The topological polar surface area (TPSA) is 17.1 Å². The molecule has 0 fully saturated rings. The van der Waals surface area contributed by atoms with E-state index in [0.717, 1.165) is 20.5 Å². The van der Waals surface area contributed by atoms with Crippen LogP contribution in [0, 0.1) is 6.92 Å². The van der Waals surface area contributed by atoms with E-state index in [4.69, 9.17) is 11.6 Å². The Bertz CT molecular complexity index is 562. The molecular weight excluding hydrogens is 320 g/mol. The van der Waals surface area contributed by atoms with E-state index < -0.39 is 0 Å². The second-order valence-electron chi connectivity index (χ2n) is 3.77. The van der Waals surface area contributed by atoms with Gasteiger partial charge < -0.3 is 0 Å². The van der Waals surface area contributed by atoms with Crippen LogP contribution in [0.2, 0.25) is 5.02 Å². The van der Waals surface area contributed by atoms with Crippen molar-refractivity contribution < 1.29 is 4.79 Å². The molecule has 0 atom stereocenters. The van der Waals surface area contributed by atoms with Crippen molar-refractivity contribution in [1.29, 1.82) is 0 Å². The zero-order valence-corrected chi connectivity index (χ0v) is 12.3. The molecule has 1 aromatic heterocycles. The number of carbonyl (C=O) groups excluding carboxylic acids is 1. The molecule has 0 saturated carbocycles. The molecule has 88 valence electrons. The molecule has 0 aliphatic heterocycles. The molecule has 2 aromatic rings. The zero-order chi connectivity index (χ0) is 12.4. The van der Waals surface area contributed by atoms with Gasteiger partial charge in [-0.05, 0) is 41.6 Å². The molecule has 1 heterocycles. The Morgan fingerprint density at radius 1 is 1.41 bits per heavy atom. The highest BCUT2D eigenvalue weighted by Gasteiger charge is 2.13. The van der Waals surface area contributed by atoms with Gasteiger partial charge in [-0.15, -0.1) is 11.3 Å². The second-order valence-corrected chi connectivity index (χ2v) is 6.01. The number of thiophene rings is 1. The van der Waals surface area contributed by atoms with Crippen LogP contribution in [0.15, 0.2) is 34.1 Å². The lowest BCUT2D eigenvalue weighted by Crippen LogP contribution is -2.03. The van der Waals surface area contributed by atoms with E-state index in [9.17, 15) is 4.79 Å². The van der Waals surface area contributed by atoms with Crippen LogP contribution >= 0.6 is 38.9 Å². The first-order valence-corrected chi connectivity index (χ1v) is 7.14. The Balaban J connectivity index is 2.22. The molecule has 0 N–H and O–H groups in total. The van der Waals surface area contributed by atoms with Crippen LogP contribution < -0.4 is 0 Å². The number of ketones is 1. The van der Waals surface area contributed by atoms with Crippen LogP contribution in [-0.4, -0.2) is 5.78 Å². The monoisotopic (exact) mass is 328 g/mol. The Labute approximate surface area is 118 Å². The number of carbonyl (C=O) groups is 1. The lowest BCUT2D eigenvalue weighted by atomic mass is 10.1. The van der Waals surface area contributed by atoms with Gasteiger partial charge in [0.05, 0.1) is 4.88 Å². The van der Waals surface area contributed by atoms with Gasteiger partial charge in [-0.1, -0.05) is 33.6 Å².